The minimum Gasteiger partial charge on any atom is -0.390 e. The van der Waals surface area contributed by atoms with Crippen LogP contribution in [-0.4, -0.2) is 11.7 Å². The van der Waals surface area contributed by atoms with Crippen molar-refractivity contribution < 1.29 is 14.0 Å². The van der Waals surface area contributed by atoms with Crippen molar-refractivity contribution in [3.05, 3.63) is 64.9 Å². The molecular weight excluding hydrogens is 321 g/mol. The van der Waals surface area contributed by atoms with Crippen molar-refractivity contribution in [3.63, 3.8) is 0 Å². The molecule has 0 fully saturated rings. The molecular formula is C16H15ClFN3O2. The van der Waals surface area contributed by atoms with E-state index in [0.717, 1.165) is 5.56 Å². The number of nitrogens with two attached hydrogens (primary N) is 1. The van der Waals surface area contributed by atoms with Crippen molar-refractivity contribution in [2.45, 2.75) is 13.0 Å². The number of amides is 1. The van der Waals surface area contributed by atoms with Gasteiger partial charge in [0.15, 0.2) is 0 Å². The molecule has 23 heavy (non-hydrogen) atoms. The van der Waals surface area contributed by atoms with Gasteiger partial charge in [0.2, 0.25) is 5.91 Å². The van der Waals surface area contributed by atoms with E-state index in [0.29, 0.717) is 10.7 Å². The summed E-state index contributed by atoms with van der Waals surface area (Å²) in [7, 11) is 0. The molecule has 0 bridgehead atoms. The van der Waals surface area contributed by atoms with E-state index in [1.54, 1.807) is 36.4 Å². The molecule has 0 aromatic heterocycles. The minimum absolute atomic E-state index is 0.0247. The predicted octanol–water partition coefficient (Wildman–Crippen LogP) is 3.30. The molecule has 120 valence electrons. The van der Waals surface area contributed by atoms with E-state index in [1.807, 2.05) is 0 Å². The van der Waals surface area contributed by atoms with Gasteiger partial charge in [0, 0.05) is 0 Å². The zero-order chi connectivity index (χ0) is 16.7. The normalized spacial score (nSPS) is 11.1. The Hall–Kier alpha value is -2.60. The van der Waals surface area contributed by atoms with Crippen LogP contribution in [0.4, 0.5) is 10.1 Å². The van der Waals surface area contributed by atoms with Crippen LogP contribution < -0.4 is 11.1 Å². The van der Waals surface area contributed by atoms with Gasteiger partial charge >= 0.3 is 0 Å². The Morgan fingerprint density at radius 2 is 1.91 bits per heavy atom. The van der Waals surface area contributed by atoms with Gasteiger partial charge in [-0.25, -0.2) is 4.39 Å². The van der Waals surface area contributed by atoms with Crippen molar-refractivity contribution >= 4 is 29.0 Å². The molecule has 2 aromatic carbocycles. The molecule has 0 saturated heterocycles. The predicted molar refractivity (Wildman–Crippen MR) is 87.5 cm³/mol. The van der Waals surface area contributed by atoms with E-state index in [-0.39, 0.29) is 30.6 Å². The molecule has 0 unspecified atom stereocenters. The fourth-order valence-electron chi connectivity index (χ4n) is 1.72. The van der Waals surface area contributed by atoms with Gasteiger partial charge in [0.25, 0.3) is 0 Å². The number of carbonyl (C=O) groups excluding carboxylic acids is 1. The topological polar surface area (TPSA) is 76.7 Å². The lowest BCUT2D eigenvalue weighted by Crippen LogP contribution is -2.22. The second-order valence-electron chi connectivity index (χ2n) is 4.69. The molecule has 0 aliphatic rings. The van der Waals surface area contributed by atoms with Crippen molar-refractivity contribution in [2.75, 3.05) is 5.32 Å². The second kappa shape index (κ2) is 8.14. The molecule has 0 atom stereocenters. The zero-order valence-corrected chi connectivity index (χ0v) is 12.9. The molecule has 2 rings (SSSR count). The molecule has 7 heteroatoms. The smallest absolute Gasteiger partial charge is 0.232 e. The monoisotopic (exact) mass is 335 g/mol. The van der Waals surface area contributed by atoms with Crippen LogP contribution >= 0.6 is 11.6 Å². The summed E-state index contributed by atoms with van der Waals surface area (Å²) in [4.78, 5) is 16.8. The summed E-state index contributed by atoms with van der Waals surface area (Å²) < 4.78 is 12.7. The van der Waals surface area contributed by atoms with Gasteiger partial charge < -0.3 is 15.9 Å². The van der Waals surface area contributed by atoms with E-state index in [9.17, 15) is 9.18 Å². The summed E-state index contributed by atoms with van der Waals surface area (Å²) in [6, 6.07) is 12.7. The maximum absolute atomic E-state index is 12.7. The van der Waals surface area contributed by atoms with Crippen LogP contribution in [0.5, 0.6) is 0 Å². The quantitative estimate of drug-likeness (QED) is 0.483. The first-order chi connectivity index (χ1) is 11.0. The summed E-state index contributed by atoms with van der Waals surface area (Å²) >= 11 is 5.94. The highest BCUT2D eigenvalue weighted by Crippen LogP contribution is 2.20. The zero-order valence-electron chi connectivity index (χ0n) is 12.1. The van der Waals surface area contributed by atoms with Crippen LogP contribution in [0, 0.1) is 5.82 Å². The summed E-state index contributed by atoms with van der Waals surface area (Å²) in [5, 5.41) is 6.71. The van der Waals surface area contributed by atoms with Gasteiger partial charge in [0.05, 0.1) is 17.1 Å². The first kappa shape index (κ1) is 16.8. The first-order valence-corrected chi connectivity index (χ1v) is 7.15. The lowest BCUT2D eigenvalue weighted by molar-refractivity contribution is -0.115. The average Bonchev–Trinajstić information content (AvgIpc) is 2.51. The number of hydrogen-bond donors (Lipinski definition) is 2. The van der Waals surface area contributed by atoms with Gasteiger partial charge in [-0.2, -0.15) is 0 Å². The third-order valence-electron chi connectivity index (χ3n) is 2.82. The van der Waals surface area contributed by atoms with Gasteiger partial charge in [-0.05, 0) is 29.8 Å². The van der Waals surface area contributed by atoms with Crippen LogP contribution in [0.3, 0.4) is 0 Å². The highest BCUT2D eigenvalue weighted by atomic mass is 35.5. The molecule has 0 heterocycles. The number of nitrogens with zero attached hydrogens (tertiary/aromatic N) is 1. The van der Waals surface area contributed by atoms with Crippen molar-refractivity contribution in [2.24, 2.45) is 10.9 Å². The summed E-state index contributed by atoms with van der Waals surface area (Å²) in [5.74, 6) is -0.658. The number of nitrogens with one attached hydrogen (secondary N) is 1. The van der Waals surface area contributed by atoms with Crippen LogP contribution in [0.1, 0.15) is 12.0 Å². The highest BCUT2D eigenvalue weighted by molar-refractivity contribution is 6.33. The summed E-state index contributed by atoms with van der Waals surface area (Å²) in [5.41, 5.74) is 6.86. The average molecular weight is 336 g/mol. The number of oxime groups is 1. The Morgan fingerprint density at radius 1 is 1.22 bits per heavy atom. The van der Waals surface area contributed by atoms with Crippen LogP contribution in [0.25, 0.3) is 0 Å². The Labute approximate surface area is 137 Å². The molecule has 0 aliphatic carbocycles. The Balaban J connectivity index is 1.81. The number of hydrogen-bond acceptors (Lipinski definition) is 3. The van der Waals surface area contributed by atoms with E-state index in [2.05, 4.69) is 10.5 Å². The molecule has 1 amide bonds. The lowest BCUT2D eigenvalue weighted by atomic mass is 10.2. The molecule has 0 saturated carbocycles. The Morgan fingerprint density at radius 3 is 2.61 bits per heavy atom. The standard InChI is InChI=1S/C16H15ClFN3O2/c17-13-3-1-2-4-14(13)20-16(22)9-15(19)21-23-10-11-5-7-12(18)8-6-11/h1-8H,9-10H2,(H2,19,21)(H,20,22). The third kappa shape index (κ3) is 5.60. The minimum atomic E-state index is -0.357. The third-order valence-corrected chi connectivity index (χ3v) is 3.15. The maximum Gasteiger partial charge on any atom is 0.232 e. The fraction of sp³-hybridized carbons (Fsp3) is 0.125. The van der Waals surface area contributed by atoms with Crippen LogP contribution in [0.15, 0.2) is 53.7 Å². The molecule has 0 aliphatic heterocycles. The Kier molecular flexibility index (Phi) is 5.94. The fourth-order valence-corrected chi connectivity index (χ4v) is 1.91. The maximum atomic E-state index is 12.7. The SMILES string of the molecule is NC(CC(=O)Nc1ccccc1Cl)=NOCc1ccc(F)cc1. The number of rotatable bonds is 6. The van der Waals surface area contributed by atoms with Gasteiger partial charge in [-0.1, -0.05) is 41.0 Å². The van der Waals surface area contributed by atoms with Crippen molar-refractivity contribution in [3.8, 4) is 0 Å². The van der Waals surface area contributed by atoms with E-state index in [4.69, 9.17) is 22.2 Å². The summed E-state index contributed by atoms with van der Waals surface area (Å²) in [6.45, 7) is 0.132. The van der Waals surface area contributed by atoms with Crippen molar-refractivity contribution in [1.82, 2.24) is 0 Å². The van der Waals surface area contributed by atoms with E-state index in [1.165, 1.54) is 12.1 Å². The number of halogens is 2. The molecule has 0 radical (unpaired) electrons. The van der Waals surface area contributed by atoms with Gasteiger partial charge in [-0.15, -0.1) is 0 Å². The lowest BCUT2D eigenvalue weighted by Gasteiger charge is -2.06. The molecule has 3 N–H and O–H groups in total. The molecule has 5 nitrogen and oxygen atoms in total. The largest absolute Gasteiger partial charge is 0.390 e. The van der Waals surface area contributed by atoms with E-state index >= 15 is 0 Å². The van der Waals surface area contributed by atoms with Gasteiger partial charge in [0.1, 0.15) is 18.3 Å². The summed E-state index contributed by atoms with van der Waals surface area (Å²) in [6.07, 6.45) is -0.130. The highest BCUT2D eigenvalue weighted by Gasteiger charge is 2.07. The second-order valence-corrected chi connectivity index (χ2v) is 5.09. The van der Waals surface area contributed by atoms with E-state index < -0.39 is 0 Å². The number of para-hydroxylation sites is 1. The first-order valence-electron chi connectivity index (χ1n) is 6.77. The number of benzene rings is 2. The number of amidine groups is 1. The number of anilines is 1. The van der Waals surface area contributed by atoms with Crippen molar-refractivity contribution in [1.29, 1.82) is 0 Å². The van der Waals surface area contributed by atoms with Gasteiger partial charge in [-0.3, -0.25) is 4.79 Å². The number of carbonyl (C=O) groups is 1. The van der Waals surface area contributed by atoms with Crippen LogP contribution in [-0.2, 0) is 16.2 Å². The van der Waals surface area contributed by atoms with Crippen LogP contribution in [0.2, 0.25) is 5.02 Å². The molecule has 2 aromatic rings. The molecule has 0 spiro atoms. The Bertz CT molecular complexity index is 705.